The first kappa shape index (κ1) is 11.9. The van der Waals surface area contributed by atoms with Crippen LogP contribution in [0, 0.1) is 5.82 Å². The zero-order valence-electron chi connectivity index (χ0n) is 9.69. The Morgan fingerprint density at radius 1 is 1.11 bits per heavy atom. The smallest absolute Gasteiger partial charge is 0.150 e. The topological polar surface area (TPSA) is 30.2 Å². The standard InChI is InChI=1S/C15H8ClFO2/c16-12-4-9(8-18)3-10(5-12)15-7-11-6-13(17)1-2-14(11)19-15/h1-8H. The molecule has 0 saturated carbocycles. The van der Waals surface area contributed by atoms with E-state index in [-0.39, 0.29) is 5.82 Å². The van der Waals surface area contributed by atoms with Crippen LogP contribution in [0.1, 0.15) is 10.4 Å². The summed E-state index contributed by atoms with van der Waals surface area (Å²) < 4.78 is 18.7. The molecule has 1 heterocycles. The van der Waals surface area contributed by atoms with Crippen LogP contribution in [0.25, 0.3) is 22.3 Å². The van der Waals surface area contributed by atoms with Crippen molar-refractivity contribution >= 4 is 28.9 Å². The number of furan rings is 1. The largest absolute Gasteiger partial charge is 0.456 e. The van der Waals surface area contributed by atoms with Crippen molar-refractivity contribution in [2.45, 2.75) is 0 Å². The van der Waals surface area contributed by atoms with Gasteiger partial charge in [-0.3, -0.25) is 4.79 Å². The predicted octanol–water partition coefficient (Wildman–Crippen LogP) is 4.70. The monoisotopic (exact) mass is 274 g/mol. The van der Waals surface area contributed by atoms with Gasteiger partial charge in [-0.2, -0.15) is 0 Å². The fourth-order valence-corrected chi connectivity index (χ4v) is 2.22. The molecular formula is C15H8ClFO2. The number of hydrogen-bond donors (Lipinski definition) is 0. The minimum atomic E-state index is -0.320. The number of carbonyl (C=O) groups is 1. The Balaban J connectivity index is 2.18. The molecule has 0 aliphatic rings. The number of hydrogen-bond acceptors (Lipinski definition) is 2. The van der Waals surface area contributed by atoms with E-state index >= 15 is 0 Å². The number of halogens is 2. The Hall–Kier alpha value is -2.13. The number of aldehydes is 1. The molecule has 0 unspecified atom stereocenters. The molecule has 2 aromatic carbocycles. The summed E-state index contributed by atoms with van der Waals surface area (Å²) in [6.45, 7) is 0. The van der Waals surface area contributed by atoms with E-state index in [9.17, 15) is 9.18 Å². The number of benzene rings is 2. The summed E-state index contributed by atoms with van der Waals surface area (Å²) in [4.78, 5) is 10.8. The molecule has 94 valence electrons. The molecule has 0 aliphatic carbocycles. The van der Waals surface area contributed by atoms with Gasteiger partial charge >= 0.3 is 0 Å². The molecule has 0 saturated heterocycles. The van der Waals surface area contributed by atoms with Crippen LogP contribution in [0.3, 0.4) is 0 Å². The lowest BCUT2D eigenvalue weighted by molar-refractivity contribution is 0.112. The van der Waals surface area contributed by atoms with Crippen molar-refractivity contribution in [1.29, 1.82) is 0 Å². The maximum atomic E-state index is 13.1. The van der Waals surface area contributed by atoms with Crippen LogP contribution in [0.15, 0.2) is 46.9 Å². The van der Waals surface area contributed by atoms with E-state index in [4.69, 9.17) is 16.0 Å². The fraction of sp³-hybridized carbons (Fsp3) is 0. The average molecular weight is 275 g/mol. The van der Waals surface area contributed by atoms with Gasteiger partial charge in [-0.25, -0.2) is 4.39 Å². The Morgan fingerprint density at radius 3 is 2.74 bits per heavy atom. The molecule has 3 rings (SSSR count). The minimum Gasteiger partial charge on any atom is -0.456 e. The lowest BCUT2D eigenvalue weighted by Crippen LogP contribution is -1.82. The first-order valence-corrected chi connectivity index (χ1v) is 5.99. The van der Waals surface area contributed by atoms with E-state index < -0.39 is 0 Å². The molecule has 19 heavy (non-hydrogen) atoms. The molecule has 0 bridgehead atoms. The van der Waals surface area contributed by atoms with Gasteiger partial charge in [0.15, 0.2) is 0 Å². The Bertz CT molecular complexity index is 777. The Kier molecular flexibility index (Phi) is 2.84. The zero-order valence-corrected chi connectivity index (χ0v) is 10.4. The molecule has 4 heteroatoms. The summed E-state index contributed by atoms with van der Waals surface area (Å²) in [6, 6.07) is 11.0. The Morgan fingerprint density at radius 2 is 1.95 bits per heavy atom. The maximum absolute atomic E-state index is 13.1. The third-order valence-corrected chi connectivity index (χ3v) is 3.04. The summed E-state index contributed by atoms with van der Waals surface area (Å²) in [5.41, 5.74) is 1.74. The second-order valence-corrected chi connectivity index (χ2v) is 4.62. The van der Waals surface area contributed by atoms with Crippen LogP contribution in [0.5, 0.6) is 0 Å². The SMILES string of the molecule is O=Cc1cc(Cl)cc(-c2cc3cc(F)ccc3o2)c1. The van der Waals surface area contributed by atoms with Crippen molar-refractivity contribution < 1.29 is 13.6 Å². The van der Waals surface area contributed by atoms with Crippen molar-refractivity contribution in [3.05, 3.63) is 58.9 Å². The lowest BCUT2D eigenvalue weighted by atomic mass is 10.1. The van der Waals surface area contributed by atoms with E-state index in [0.717, 1.165) is 6.29 Å². The van der Waals surface area contributed by atoms with Crippen LogP contribution < -0.4 is 0 Å². The van der Waals surface area contributed by atoms with Gasteiger partial charge in [0.05, 0.1) is 0 Å². The molecular weight excluding hydrogens is 267 g/mol. The average Bonchev–Trinajstić information content (AvgIpc) is 2.80. The van der Waals surface area contributed by atoms with Gasteiger partial charge in [-0.15, -0.1) is 0 Å². The van der Waals surface area contributed by atoms with Gasteiger partial charge in [-0.05, 0) is 42.5 Å². The fourth-order valence-electron chi connectivity index (χ4n) is 1.98. The summed E-state index contributed by atoms with van der Waals surface area (Å²) in [6.07, 6.45) is 0.720. The summed E-state index contributed by atoms with van der Waals surface area (Å²) in [7, 11) is 0. The van der Waals surface area contributed by atoms with Crippen LogP contribution in [0.2, 0.25) is 5.02 Å². The summed E-state index contributed by atoms with van der Waals surface area (Å²) in [5.74, 6) is 0.228. The van der Waals surface area contributed by atoms with Gasteiger partial charge in [0.25, 0.3) is 0 Å². The minimum absolute atomic E-state index is 0.320. The zero-order chi connectivity index (χ0) is 13.4. The van der Waals surface area contributed by atoms with E-state index in [1.54, 1.807) is 30.3 Å². The third-order valence-electron chi connectivity index (χ3n) is 2.82. The molecule has 0 amide bonds. The second kappa shape index (κ2) is 4.52. The quantitative estimate of drug-likeness (QED) is 0.634. The van der Waals surface area contributed by atoms with Gasteiger partial charge in [0, 0.05) is 21.5 Å². The van der Waals surface area contributed by atoms with Crippen LogP contribution in [-0.4, -0.2) is 6.29 Å². The van der Waals surface area contributed by atoms with E-state index in [1.165, 1.54) is 12.1 Å². The molecule has 0 atom stereocenters. The normalized spacial score (nSPS) is 10.8. The molecule has 0 N–H and O–H groups in total. The molecule has 0 spiro atoms. The van der Waals surface area contributed by atoms with Crippen LogP contribution >= 0.6 is 11.6 Å². The lowest BCUT2D eigenvalue weighted by Gasteiger charge is -1.99. The third kappa shape index (κ3) is 2.25. The molecule has 0 radical (unpaired) electrons. The van der Waals surface area contributed by atoms with Gasteiger partial charge in [0.1, 0.15) is 23.4 Å². The van der Waals surface area contributed by atoms with Crippen LogP contribution in [0.4, 0.5) is 4.39 Å². The predicted molar refractivity (Wildman–Crippen MR) is 72.0 cm³/mol. The van der Waals surface area contributed by atoms with Gasteiger partial charge in [-0.1, -0.05) is 11.6 Å². The second-order valence-electron chi connectivity index (χ2n) is 4.18. The van der Waals surface area contributed by atoms with Crippen molar-refractivity contribution in [2.24, 2.45) is 0 Å². The van der Waals surface area contributed by atoms with E-state index in [2.05, 4.69) is 0 Å². The Labute approximate surface area is 113 Å². The van der Waals surface area contributed by atoms with Gasteiger partial charge in [0.2, 0.25) is 0 Å². The van der Waals surface area contributed by atoms with Crippen molar-refractivity contribution in [3.63, 3.8) is 0 Å². The highest BCUT2D eigenvalue weighted by molar-refractivity contribution is 6.31. The van der Waals surface area contributed by atoms with Crippen molar-refractivity contribution in [3.8, 4) is 11.3 Å². The molecule has 0 aliphatic heterocycles. The summed E-state index contributed by atoms with van der Waals surface area (Å²) in [5, 5.41) is 1.12. The highest BCUT2D eigenvalue weighted by Crippen LogP contribution is 2.30. The number of fused-ring (bicyclic) bond motifs is 1. The van der Waals surface area contributed by atoms with Crippen molar-refractivity contribution in [2.75, 3.05) is 0 Å². The first-order valence-electron chi connectivity index (χ1n) is 5.61. The van der Waals surface area contributed by atoms with Crippen molar-refractivity contribution in [1.82, 2.24) is 0 Å². The maximum Gasteiger partial charge on any atom is 0.150 e. The highest BCUT2D eigenvalue weighted by atomic mass is 35.5. The van der Waals surface area contributed by atoms with Crippen LogP contribution in [-0.2, 0) is 0 Å². The number of rotatable bonds is 2. The van der Waals surface area contributed by atoms with E-state index in [1.807, 2.05) is 0 Å². The number of carbonyl (C=O) groups excluding carboxylic acids is 1. The highest BCUT2D eigenvalue weighted by Gasteiger charge is 2.09. The molecule has 3 aromatic rings. The molecule has 0 fully saturated rings. The summed E-state index contributed by atoms with van der Waals surface area (Å²) >= 11 is 5.94. The van der Waals surface area contributed by atoms with E-state index in [0.29, 0.717) is 32.9 Å². The first-order chi connectivity index (χ1) is 9.15. The van der Waals surface area contributed by atoms with Gasteiger partial charge < -0.3 is 4.42 Å². The molecule has 2 nitrogen and oxygen atoms in total. The molecule has 1 aromatic heterocycles.